The SMILES string of the molecule is C=CC1=CN2CCc3c([nH]c4c3=CCCC=4)C2C2CCCC12.CC.CO. The van der Waals surface area contributed by atoms with Crippen molar-refractivity contribution in [2.24, 2.45) is 11.8 Å². The van der Waals surface area contributed by atoms with Gasteiger partial charge < -0.3 is 15.0 Å². The number of aromatic amines is 1. The zero-order chi connectivity index (χ0) is 18.7. The molecule has 0 amide bonds. The molecule has 0 aromatic carbocycles. The molecule has 2 aliphatic carbocycles. The Morgan fingerprint density at radius 2 is 1.96 bits per heavy atom. The predicted molar refractivity (Wildman–Crippen MR) is 110 cm³/mol. The lowest BCUT2D eigenvalue weighted by molar-refractivity contribution is 0.144. The second kappa shape index (κ2) is 8.30. The quantitative estimate of drug-likeness (QED) is 0.811. The number of nitrogens with zero attached hydrogens (tertiary/aromatic N) is 1. The van der Waals surface area contributed by atoms with Crippen molar-refractivity contribution in [3.8, 4) is 0 Å². The summed E-state index contributed by atoms with van der Waals surface area (Å²) in [5.74, 6) is 1.51. The molecule has 2 N–H and O–H groups in total. The largest absolute Gasteiger partial charge is 0.400 e. The van der Waals surface area contributed by atoms with Crippen LogP contribution in [0.5, 0.6) is 0 Å². The monoisotopic (exact) mass is 354 g/mol. The number of fused-ring (bicyclic) bond motifs is 7. The Labute approximate surface area is 157 Å². The molecule has 3 unspecified atom stereocenters. The summed E-state index contributed by atoms with van der Waals surface area (Å²) in [6.07, 6.45) is 17.0. The lowest BCUT2D eigenvalue weighted by Crippen LogP contribution is -2.41. The number of rotatable bonds is 1. The molecule has 5 rings (SSSR count). The normalized spacial score (nSPS) is 27.5. The predicted octanol–water partition coefficient (Wildman–Crippen LogP) is 3.40. The van der Waals surface area contributed by atoms with Gasteiger partial charge in [0, 0.05) is 30.9 Å². The fraction of sp³-hybridized carbons (Fsp3) is 0.565. The topological polar surface area (TPSA) is 39.3 Å². The van der Waals surface area contributed by atoms with Crippen LogP contribution in [0.3, 0.4) is 0 Å². The van der Waals surface area contributed by atoms with Crippen LogP contribution in [-0.2, 0) is 6.42 Å². The third-order valence-corrected chi connectivity index (χ3v) is 6.30. The lowest BCUT2D eigenvalue weighted by Gasteiger charge is -2.45. The standard InChI is InChI=1S/C20H24N2.C2H6.CH4O/c1-2-13-12-22-11-10-16-15-6-3-4-9-18(15)21-19(16)20(22)17-8-5-7-14(13)17;2*1-2/h2,6,9,12,14,17,20-21H,1,3-5,7-8,10-11H2;1-2H3;2H,1H3. The zero-order valence-electron chi connectivity index (χ0n) is 16.6. The maximum absolute atomic E-state index is 7.00. The van der Waals surface area contributed by atoms with Crippen molar-refractivity contribution < 1.29 is 5.11 Å². The molecular weight excluding hydrogens is 320 g/mol. The van der Waals surface area contributed by atoms with Crippen molar-refractivity contribution in [2.75, 3.05) is 13.7 Å². The third kappa shape index (κ3) is 2.96. The molecule has 26 heavy (non-hydrogen) atoms. The van der Waals surface area contributed by atoms with Crippen LogP contribution in [0.1, 0.15) is 63.3 Å². The Morgan fingerprint density at radius 3 is 2.73 bits per heavy atom. The molecule has 0 bridgehead atoms. The van der Waals surface area contributed by atoms with Crippen molar-refractivity contribution in [2.45, 2.75) is 58.4 Å². The van der Waals surface area contributed by atoms with Crippen molar-refractivity contribution in [3.63, 3.8) is 0 Å². The number of allylic oxidation sites excluding steroid dienone is 2. The minimum absolute atomic E-state index is 0.576. The molecule has 3 atom stereocenters. The van der Waals surface area contributed by atoms with Gasteiger partial charge in [-0.1, -0.05) is 45.1 Å². The number of hydrogen-bond donors (Lipinski definition) is 2. The second-order valence-electron chi connectivity index (χ2n) is 7.30. The highest BCUT2D eigenvalue weighted by atomic mass is 16.2. The molecular formula is C23H34N2O. The molecule has 3 heteroatoms. The van der Waals surface area contributed by atoms with Crippen molar-refractivity contribution in [1.82, 2.24) is 9.88 Å². The first-order chi connectivity index (χ1) is 12.9. The zero-order valence-corrected chi connectivity index (χ0v) is 16.6. The van der Waals surface area contributed by atoms with E-state index in [-0.39, 0.29) is 0 Å². The van der Waals surface area contributed by atoms with E-state index >= 15 is 0 Å². The molecule has 1 fully saturated rings. The van der Waals surface area contributed by atoms with Crippen molar-refractivity contribution in [1.29, 1.82) is 0 Å². The van der Waals surface area contributed by atoms with Gasteiger partial charge >= 0.3 is 0 Å². The summed E-state index contributed by atoms with van der Waals surface area (Å²) in [7, 11) is 1.00. The molecule has 3 heterocycles. The molecule has 3 nitrogen and oxygen atoms in total. The number of aliphatic hydroxyl groups is 1. The average molecular weight is 355 g/mol. The van der Waals surface area contributed by atoms with Crippen LogP contribution in [0.25, 0.3) is 12.2 Å². The Bertz CT molecular complexity index is 786. The fourth-order valence-electron chi connectivity index (χ4n) is 5.39. The van der Waals surface area contributed by atoms with Gasteiger partial charge in [0.2, 0.25) is 0 Å². The van der Waals surface area contributed by atoms with Gasteiger partial charge in [0.15, 0.2) is 0 Å². The van der Waals surface area contributed by atoms with E-state index in [4.69, 9.17) is 5.11 Å². The summed E-state index contributed by atoms with van der Waals surface area (Å²) in [5, 5.41) is 9.92. The van der Waals surface area contributed by atoms with Gasteiger partial charge in [0.1, 0.15) is 0 Å². The summed E-state index contributed by atoms with van der Waals surface area (Å²) in [5.41, 5.74) is 4.63. The molecule has 4 aliphatic rings. The maximum atomic E-state index is 7.00. The van der Waals surface area contributed by atoms with Crippen LogP contribution >= 0.6 is 0 Å². The molecule has 2 aliphatic heterocycles. The summed E-state index contributed by atoms with van der Waals surface area (Å²) >= 11 is 0. The third-order valence-electron chi connectivity index (χ3n) is 6.30. The minimum Gasteiger partial charge on any atom is -0.400 e. The fourth-order valence-corrected chi connectivity index (χ4v) is 5.39. The van der Waals surface area contributed by atoms with Crippen LogP contribution < -0.4 is 10.6 Å². The first-order valence-corrected chi connectivity index (χ1v) is 10.3. The summed E-state index contributed by atoms with van der Waals surface area (Å²) in [6.45, 7) is 9.23. The highest BCUT2D eigenvalue weighted by molar-refractivity contribution is 5.45. The van der Waals surface area contributed by atoms with Gasteiger partial charge in [-0.2, -0.15) is 0 Å². The Hall–Kier alpha value is -1.74. The van der Waals surface area contributed by atoms with Gasteiger partial charge in [-0.25, -0.2) is 0 Å². The number of nitrogens with one attached hydrogen (secondary N) is 1. The first kappa shape index (κ1) is 19.0. The van der Waals surface area contributed by atoms with Crippen LogP contribution in [0.4, 0.5) is 0 Å². The number of aromatic nitrogens is 1. The molecule has 1 aromatic rings. The molecule has 0 spiro atoms. The van der Waals surface area contributed by atoms with Gasteiger partial charge in [0.25, 0.3) is 0 Å². The molecule has 1 aromatic heterocycles. The van der Waals surface area contributed by atoms with Crippen molar-refractivity contribution in [3.05, 3.63) is 46.3 Å². The Balaban J connectivity index is 0.000000461. The molecule has 0 saturated heterocycles. The first-order valence-electron chi connectivity index (χ1n) is 10.3. The summed E-state index contributed by atoms with van der Waals surface area (Å²) in [6, 6.07) is 0.576. The smallest absolute Gasteiger partial charge is 0.0723 e. The minimum atomic E-state index is 0.576. The van der Waals surface area contributed by atoms with Crippen LogP contribution in [0.2, 0.25) is 0 Å². The summed E-state index contributed by atoms with van der Waals surface area (Å²) in [4.78, 5) is 6.42. The van der Waals surface area contributed by atoms with E-state index in [0.29, 0.717) is 6.04 Å². The van der Waals surface area contributed by atoms with E-state index in [1.165, 1.54) is 60.4 Å². The van der Waals surface area contributed by atoms with Crippen LogP contribution in [0.15, 0.2) is 24.4 Å². The highest BCUT2D eigenvalue weighted by Crippen LogP contribution is 2.50. The number of aliphatic hydroxyl groups excluding tert-OH is 1. The van der Waals surface area contributed by atoms with Gasteiger partial charge in [-0.05, 0) is 60.3 Å². The summed E-state index contributed by atoms with van der Waals surface area (Å²) < 4.78 is 0. The average Bonchev–Trinajstić information content (AvgIpc) is 3.35. The van der Waals surface area contributed by atoms with Gasteiger partial charge in [-0.3, -0.25) is 0 Å². The second-order valence-corrected chi connectivity index (χ2v) is 7.30. The van der Waals surface area contributed by atoms with E-state index in [9.17, 15) is 0 Å². The molecule has 142 valence electrons. The highest BCUT2D eigenvalue weighted by Gasteiger charge is 2.44. The van der Waals surface area contributed by atoms with Gasteiger partial charge in [-0.15, -0.1) is 0 Å². The molecule has 1 saturated carbocycles. The van der Waals surface area contributed by atoms with E-state index in [0.717, 1.165) is 25.5 Å². The van der Waals surface area contributed by atoms with Crippen LogP contribution in [-0.4, -0.2) is 28.6 Å². The van der Waals surface area contributed by atoms with Crippen LogP contribution in [0, 0.1) is 11.8 Å². The maximum Gasteiger partial charge on any atom is 0.0723 e. The van der Waals surface area contributed by atoms with Crippen molar-refractivity contribution >= 4 is 12.2 Å². The Morgan fingerprint density at radius 1 is 1.19 bits per heavy atom. The van der Waals surface area contributed by atoms with E-state index < -0.39 is 0 Å². The number of H-pyrrole nitrogens is 1. The van der Waals surface area contributed by atoms with E-state index in [1.54, 1.807) is 5.56 Å². The number of hydrogen-bond acceptors (Lipinski definition) is 2. The van der Waals surface area contributed by atoms with E-state index in [2.05, 4.69) is 40.9 Å². The lowest BCUT2D eigenvalue weighted by atomic mass is 9.77. The van der Waals surface area contributed by atoms with E-state index in [1.807, 2.05) is 13.8 Å². The van der Waals surface area contributed by atoms with Gasteiger partial charge in [0.05, 0.1) is 6.04 Å². The molecule has 0 radical (unpaired) electrons. The Kier molecular flexibility index (Phi) is 6.08.